The van der Waals surface area contributed by atoms with Gasteiger partial charge in [0.1, 0.15) is 11.3 Å². The second-order valence-electron chi connectivity index (χ2n) is 3.97. The second kappa shape index (κ2) is 5.27. The second-order valence-corrected chi connectivity index (χ2v) is 4.41. The summed E-state index contributed by atoms with van der Waals surface area (Å²) in [5.41, 5.74) is -0.00388. The number of halogens is 1. The van der Waals surface area contributed by atoms with Gasteiger partial charge in [0, 0.05) is 18.1 Å². The van der Waals surface area contributed by atoms with Crippen LogP contribution < -0.4 is 4.74 Å². The molecular formula is C12H12ClNO4. The highest BCUT2D eigenvalue weighted by atomic mass is 35.5. The van der Waals surface area contributed by atoms with Crippen molar-refractivity contribution < 1.29 is 19.4 Å². The molecule has 18 heavy (non-hydrogen) atoms. The Hall–Kier alpha value is -1.75. The van der Waals surface area contributed by atoms with Gasteiger partial charge in [-0.15, -0.1) is 0 Å². The van der Waals surface area contributed by atoms with Gasteiger partial charge in [-0.2, -0.15) is 0 Å². The number of amides is 1. The number of carboxylic acid groups (broad SMARTS) is 1. The molecule has 6 heteroatoms. The lowest BCUT2D eigenvalue weighted by Gasteiger charge is -2.30. The molecule has 1 aromatic carbocycles. The van der Waals surface area contributed by atoms with Crippen LogP contribution in [-0.4, -0.2) is 41.6 Å². The summed E-state index contributed by atoms with van der Waals surface area (Å²) in [7, 11) is 0. The van der Waals surface area contributed by atoms with E-state index in [9.17, 15) is 9.59 Å². The summed E-state index contributed by atoms with van der Waals surface area (Å²) in [6.45, 7) is 1.31. The molecule has 1 aromatic rings. The first kappa shape index (κ1) is 12.7. The van der Waals surface area contributed by atoms with E-state index >= 15 is 0 Å². The molecule has 0 radical (unpaired) electrons. The molecule has 0 bridgehead atoms. The number of rotatable bonds is 4. The third kappa shape index (κ3) is 2.73. The zero-order valence-corrected chi connectivity index (χ0v) is 10.3. The Labute approximate surface area is 109 Å². The van der Waals surface area contributed by atoms with Crippen molar-refractivity contribution in [2.45, 2.75) is 6.42 Å². The third-order valence-corrected chi connectivity index (χ3v) is 2.97. The minimum absolute atomic E-state index is 0.00388. The average molecular weight is 270 g/mol. The Morgan fingerprint density at radius 3 is 2.67 bits per heavy atom. The van der Waals surface area contributed by atoms with Crippen molar-refractivity contribution in [2.24, 2.45) is 0 Å². The van der Waals surface area contributed by atoms with Gasteiger partial charge in [-0.1, -0.05) is 11.6 Å². The number of likely N-dealkylation sites (tertiary alicyclic amines) is 1. The molecule has 0 spiro atoms. The molecule has 0 saturated carbocycles. The molecule has 0 atom stereocenters. The van der Waals surface area contributed by atoms with Gasteiger partial charge >= 0.3 is 5.97 Å². The van der Waals surface area contributed by atoms with Gasteiger partial charge in [-0.05, 0) is 24.6 Å². The Morgan fingerprint density at radius 1 is 1.39 bits per heavy atom. The van der Waals surface area contributed by atoms with Crippen LogP contribution in [0.2, 0.25) is 5.02 Å². The number of hydrogen-bond acceptors (Lipinski definition) is 3. The molecule has 1 amide bonds. The Balaban J connectivity index is 2.05. The zero-order chi connectivity index (χ0) is 13.1. The molecule has 1 saturated heterocycles. The maximum Gasteiger partial charge on any atom is 0.339 e. The standard InChI is InChI=1S/C12H12ClNO4/c13-8-2-3-9(12(16)17)10(6-8)18-7-11(15)14-4-1-5-14/h2-3,6H,1,4-5,7H2,(H,16,17). The lowest BCUT2D eigenvalue weighted by Crippen LogP contribution is -2.44. The highest BCUT2D eigenvalue weighted by molar-refractivity contribution is 6.30. The van der Waals surface area contributed by atoms with E-state index < -0.39 is 5.97 Å². The molecule has 1 aliphatic rings. The van der Waals surface area contributed by atoms with E-state index in [2.05, 4.69) is 0 Å². The van der Waals surface area contributed by atoms with Gasteiger partial charge in [0.2, 0.25) is 0 Å². The first-order valence-corrected chi connectivity index (χ1v) is 5.89. The highest BCUT2D eigenvalue weighted by Crippen LogP contribution is 2.23. The number of carboxylic acids is 1. The van der Waals surface area contributed by atoms with Crippen molar-refractivity contribution in [3.05, 3.63) is 28.8 Å². The number of carbonyl (C=O) groups excluding carboxylic acids is 1. The van der Waals surface area contributed by atoms with Crippen LogP contribution in [0.25, 0.3) is 0 Å². The fourth-order valence-electron chi connectivity index (χ4n) is 1.59. The number of nitrogens with zero attached hydrogens (tertiary/aromatic N) is 1. The minimum Gasteiger partial charge on any atom is -0.483 e. The average Bonchev–Trinajstić information content (AvgIpc) is 2.23. The van der Waals surface area contributed by atoms with Crippen LogP contribution in [0.15, 0.2) is 18.2 Å². The number of carbonyl (C=O) groups is 2. The van der Waals surface area contributed by atoms with Crippen molar-refractivity contribution in [3.63, 3.8) is 0 Å². The first-order chi connectivity index (χ1) is 8.58. The van der Waals surface area contributed by atoms with E-state index in [-0.39, 0.29) is 23.8 Å². The van der Waals surface area contributed by atoms with Gasteiger partial charge in [0.05, 0.1) is 0 Å². The number of ether oxygens (including phenoxy) is 1. The molecule has 0 aromatic heterocycles. The largest absolute Gasteiger partial charge is 0.483 e. The van der Waals surface area contributed by atoms with Gasteiger partial charge in [0.25, 0.3) is 5.91 Å². The first-order valence-electron chi connectivity index (χ1n) is 5.51. The Bertz CT molecular complexity index is 485. The predicted molar refractivity (Wildman–Crippen MR) is 65.1 cm³/mol. The summed E-state index contributed by atoms with van der Waals surface area (Å²) in [6, 6.07) is 4.22. The van der Waals surface area contributed by atoms with Crippen molar-refractivity contribution in [1.29, 1.82) is 0 Å². The van der Waals surface area contributed by atoms with Crippen molar-refractivity contribution in [2.75, 3.05) is 19.7 Å². The van der Waals surface area contributed by atoms with Crippen LogP contribution in [0.1, 0.15) is 16.8 Å². The van der Waals surface area contributed by atoms with Crippen LogP contribution in [0, 0.1) is 0 Å². The van der Waals surface area contributed by atoms with Gasteiger partial charge in [-0.3, -0.25) is 4.79 Å². The summed E-state index contributed by atoms with van der Waals surface area (Å²) >= 11 is 5.77. The number of benzene rings is 1. The van der Waals surface area contributed by atoms with Crippen molar-refractivity contribution in [3.8, 4) is 5.75 Å². The van der Waals surface area contributed by atoms with Crippen LogP contribution in [0.3, 0.4) is 0 Å². The van der Waals surface area contributed by atoms with Crippen LogP contribution >= 0.6 is 11.6 Å². The lowest BCUT2D eigenvalue weighted by atomic mass is 10.2. The third-order valence-electron chi connectivity index (χ3n) is 2.73. The SMILES string of the molecule is O=C(O)c1ccc(Cl)cc1OCC(=O)N1CCC1. The van der Waals surface area contributed by atoms with Crippen molar-refractivity contribution >= 4 is 23.5 Å². The summed E-state index contributed by atoms with van der Waals surface area (Å²) in [5.74, 6) is -1.14. The van der Waals surface area contributed by atoms with Gasteiger partial charge < -0.3 is 14.7 Å². The monoisotopic (exact) mass is 269 g/mol. The smallest absolute Gasteiger partial charge is 0.339 e. The molecule has 1 heterocycles. The van der Waals surface area contributed by atoms with Gasteiger partial charge in [0.15, 0.2) is 6.61 Å². The van der Waals surface area contributed by atoms with E-state index in [0.717, 1.165) is 19.5 Å². The summed E-state index contributed by atoms with van der Waals surface area (Å²) in [4.78, 5) is 24.2. The lowest BCUT2D eigenvalue weighted by molar-refractivity contribution is -0.136. The molecule has 96 valence electrons. The maximum atomic E-state index is 11.6. The summed E-state index contributed by atoms with van der Waals surface area (Å²) in [5, 5.41) is 9.34. The van der Waals surface area contributed by atoms with Crippen LogP contribution in [-0.2, 0) is 4.79 Å². The number of aromatic carboxylic acids is 1. The van der Waals surface area contributed by atoms with Gasteiger partial charge in [-0.25, -0.2) is 4.79 Å². The zero-order valence-electron chi connectivity index (χ0n) is 9.56. The number of hydrogen-bond donors (Lipinski definition) is 1. The Morgan fingerprint density at radius 2 is 2.11 bits per heavy atom. The molecule has 2 rings (SSSR count). The van der Waals surface area contributed by atoms with E-state index in [1.54, 1.807) is 4.90 Å². The predicted octanol–water partition coefficient (Wildman–Crippen LogP) is 1.65. The maximum absolute atomic E-state index is 11.6. The topological polar surface area (TPSA) is 66.8 Å². The summed E-state index contributed by atoms with van der Waals surface area (Å²) < 4.78 is 5.24. The summed E-state index contributed by atoms with van der Waals surface area (Å²) in [6.07, 6.45) is 1.00. The van der Waals surface area contributed by atoms with Crippen molar-refractivity contribution in [1.82, 2.24) is 4.90 Å². The molecule has 0 aliphatic carbocycles. The quantitative estimate of drug-likeness (QED) is 0.902. The van der Waals surface area contributed by atoms with Crippen LogP contribution in [0.4, 0.5) is 0 Å². The normalized spacial score (nSPS) is 13.9. The molecule has 1 N–H and O–H groups in total. The Kier molecular flexibility index (Phi) is 3.72. The highest BCUT2D eigenvalue weighted by Gasteiger charge is 2.21. The fourth-order valence-corrected chi connectivity index (χ4v) is 1.75. The van der Waals surface area contributed by atoms with Crippen LogP contribution in [0.5, 0.6) is 5.75 Å². The molecule has 0 unspecified atom stereocenters. The van der Waals surface area contributed by atoms with E-state index in [4.69, 9.17) is 21.4 Å². The fraction of sp³-hybridized carbons (Fsp3) is 0.333. The molecular weight excluding hydrogens is 258 g/mol. The molecule has 1 fully saturated rings. The van der Waals surface area contributed by atoms with E-state index in [1.165, 1.54) is 18.2 Å². The molecule has 5 nitrogen and oxygen atoms in total. The minimum atomic E-state index is -1.11. The van der Waals surface area contributed by atoms with E-state index in [1.807, 2.05) is 0 Å². The van der Waals surface area contributed by atoms with E-state index in [0.29, 0.717) is 5.02 Å². The molecule has 1 aliphatic heterocycles.